The normalized spacial score (nSPS) is 11.3. The molecule has 0 aliphatic rings. The van der Waals surface area contributed by atoms with Crippen LogP contribution < -0.4 is 4.74 Å². The van der Waals surface area contributed by atoms with Crippen molar-refractivity contribution in [3.63, 3.8) is 0 Å². The van der Waals surface area contributed by atoms with Gasteiger partial charge in [-0.2, -0.15) is 4.98 Å². The topological polar surface area (TPSA) is 48.2 Å². The quantitative estimate of drug-likeness (QED) is 0.818. The van der Waals surface area contributed by atoms with Crippen LogP contribution in [0.5, 0.6) is 5.75 Å². The van der Waals surface area contributed by atoms with Crippen molar-refractivity contribution >= 4 is 0 Å². The van der Waals surface area contributed by atoms with Gasteiger partial charge < -0.3 is 9.26 Å². The molecular weight excluding hydrogens is 240 g/mol. The SMILES string of the molecule is CC(C)c1ccc(OCc2noc(C(C)C)n2)cc1. The van der Waals surface area contributed by atoms with Crippen LogP contribution in [0.4, 0.5) is 0 Å². The van der Waals surface area contributed by atoms with E-state index in [1.54, 1.807) is 0 Å². The molecule has 0 fully saturated rings. The summed E-state index contributed by atoms with van der Waals surface area (Å²) in [5, 5.41) is 3.89. The Morgan fingerprint density at radius 2 is 1.74 bits per heavy atom. The summed E-state index contributed by atoms with van der Waals surface area (Å²) in [4.78, 5) is 4.27. The van der Waals surface area contributed by atoms with Crippen LogP contribution in [-0.4, -0.2) is 10.1 Å². The number of hydrogen-bond acceptors (Lipinski definition) is 4. The number of hydrogen-bond donors (Lipinski definition) is 0. The predicted molar refractivity (Wildman–Crippen MR) is 73.3 cm³/mol. The molecule has 1 aromatic heterocycles. The highest BCUT2D eigenvalue weighted by Crippen LogP contribution is 2.19. The summed E-state index contributed by atoms with van der Waals surface area (Å²) in [6.45, 7) is 8.70. The van der Waals surface area contributed by atoms with Crippen LogP contribution in [0, 0.1) is 0 Å². The maximum atomic E-state index is 5.63. The molecule has 19 heavy (non-hydrogen) atoms. The number of ether oxygens (including phenoxy) is 1. The van der Waals surface area contributed by atoms with Crippen LogP contribution in [0.15, 0.2) is 28.8 Å². The lowest BCUT2D eigenvalue weighted by Crippen LogP contribution is -1.98. The van der Waals surface area contributed by atoms with Crippen molar-refractivity contribution in [3.8, 4) is 5.75 Å². The molecule has 0 spiro atoms. The van der Waals surface area contributed by atoms with E-state index in [1.807, 2.05) is 26.0 Å². The molecule has 2 rings (SSSR count). The van der Waals surface area contributed by atoms with Gasteiger partial charge in [-0.3, -0.25) is 0 Å². The van der Waals surface area contributed by atoms with Gasteiger partial charge in [-0.1, -0.05) is 45.0 Å². The summed E-state index contributed by atoms with van der Waals surface area (Å²) in [5.74, 6) is 2.82. The van der Waals surface area contributed by atoms with Gasteiger partial charge in [0.05, 0.1) is 0 Å². The lowest BCUT2D eigenvalue weighted by atomic mass is 10.0. The van der Waals surface area contributed by atoms with E-state index in [2.05, 4.69) is 36.1 Å². The number of aromatic nitrogens is 2. The van der Waals surface area contributed by atoms with Crippen LogP contribution in [0.25, 0.3) is 0 Å². The second kappa shape index (κ2) is 5.87. The van der Waals surface area contributed by atoms with E-state index in [0.29, 0.717) is 24.2 Å². The largest absolute Gasteiger partial charge is 0.485 e. The maximum Gasteiger partial charge on any atom is 0.229 e. The van der Waals surface area contributed by atoms with Crippen molar-refractivity contribution in [2.24, 2.45) is 0 Å². The molecule has 0 aliphatic carbocycles. The Morgan fingerprint density at radius 3 is 2.26 bits per heavy atom. The second-order valence-electron chi connectivity index (χ2n) is 5.22. The van der Waals surface area contributed by atoms with Crippen LogP contribution >= 0.6 is 0 Å². The van der Waals surface area contributed by atoms with E-state index in [1.165, 1.54) is 5.56 Å². The zero-order chi connectivity index (χ0) is 13.8. The average molecular weight is 260 g/mol. The first kappa shape index (κ1) is 13.6. The lowest BCUT2D eigenvalue weighted by molar-refractivity contribution is 0.284. The Hall–Kier alpha value is -1.84. The Kier molecular flexibility index (Phi) is 4.20. The Bertz CT molecular complexity index is 515. The van der Waals surface area contributed by atoms with Crippen LogP contribution in [-0.2, 0) is 6.61 Å². The number of nitrogens with zero attached hydrogens (tertiary/aromatic N) is 2. The third-order valence-electron chi connectivity index (χ3n) is 2.89. The molecule has 1 heterocycles. The van der Waals surface area contributed by atoms with Crippen LogP contribution in [0.2, 0.25) is 0 Å². The summed E-state index contributed by atoms with van der Waals surface area (Å²) in [6.07, 6.45) is 0. The van der Waals surface area contributed by atoms with Gasteiger partial charge in [0, 0.05) is 5.92 Å². The summed E-state index contributed by atoms with van der Waals surface area (Å²) >= 11 is 0. The molecule has 2 aromatic rings. The summed E-state index contributed by atoms with van der Waals surface area (Å²) in [5.41, 5.74) is 1.30. The molecule has 0 amide bonds. The van der Waals surface area contributed by atoms with Crippen molar-refractivity contribution < 1.29 is 9.26 Å². The van der Waals surface area contributed by atoms with Gasteiger partial charge in [-0.25, -0.2) is 0 Å². The van der Waals surface area contributed by atoms with E-state index < -0.39 is 0 Å². The fraction of sp³-hybridized carbons (Fsp3) is 0.467. The first-order chi connectivity index (χ1) is 9.06. The van der Waals surface area contributed by atoms with Gasteiger partial charge in [-0.15, -0.1) is 0 Å². The fourth-order valence-corrected chi connectivity index (χ4v) is 1.66. The fourth-order valence-electron chi connectivity index (χ4n) is 1.66. The van der Waals surface area contributed by atoms with Crippen LogP contribution in [0.3, 0.4) is 0 Å². The molecule has 0 N–H and O–H groups in total. The van der Waals surface area contributed by atoms with Crippen molar-refractivity contribution in [1.29, 1.82) is 0 Å². The van der Waals surface area contributed by atoms with Gasteiger partial charge in [0.1, 0.15) is 5.75 Å². The van der Waals surface area contributed by atoms with E-state index in [4.69, 9.17) is 9.26 Å². The summed E-state index contributed by atoms with van der Waals surface area (Å²) in [7, 11) is 0. The molecule has 0 radical (unpaired) electrons. The highest BCUT2D eigenvalue weighted by molar-refractivity contribution is 5.28. The van der Waals surface area contributed by atoms with Gasteiger partial charge >= 0.3 is 0 Å². The molecule has 0 saturated heterocycles. The Morgan fingerprint density at radius 1 is 1.05 bits per heavy atom. The molecule has 102 valence electrons. The second-order valence-corrected chi connectivity index (χ2v) is 5.22. The van der Waals surface area contributed by atoms with Crippen LogP contribution in [0.1, 0.15) is 56.8 Å². The molecule has 0 aliphatic heterocycles. The van der Waals surface area contributed by atoms with E-state index in [9.17, 15) is 0 Å². The van der Waals surface area contributed by atoms with Gasteiger partial charge in [0.15, 0.2) is 6.61 Å². The van der Waals surface area contributed by atoms with Crippen molar-refractivity contribution in [3.05, 3.63) is 41.5 Å². The van der Waals surface area contributed by atoms with Crippen molar-refractivity contribution in [2.45, 2.75) is 46.1 Å². The molecule has 0 bridgehead atoms. The molecule has 0 atom stereocenters. The number of benzene rings is 1. The predicted octanol–water partition coefficient (Wildman–Crippen LogP) is 3.90. The number of rotatable bonds is 5. The third-order valence-corrected chi connectivity index (χ3v) is 2.89. The molecule has 1 aromatic carbocycles. The van der Waals surface area contributed by atoms with Gasteiger partial charge in [0.25, 0.3) is 0 Å². The Labute approximate surface area is 113 Å². The Balaban J connectivity index is 1.94. The zero-order valence-electron chi connectivity index (χ0n) is 11.9. The minimum atomic E-state index is 0.242. The van der Waals surface area contributed by atoms with Gasteiger partial charge in [-0.05, 0) is 23.6 Å². The lowest BCUT2D eigenvalue weighted by Gasteiger charge is -2.07. The van der Waals surface area contributed by atoms with Crippen molar-refractivity contribution in [1.82, 2.24) is 10.1 Å². The first-order valence-corrected chi connectivity index (χ1v) is 6.61. The minimum absolute atomic E-state index is 0.242. The van der Waals surface area contributed by atoms with E-state index in [0.717, 1.165) is 5.75 Å². The molecule has 0 saturated carbocycles. The standard InChI is InChI=1S/C15H20N2O2/c1-10(2)12-5-7-13(8-6-12)18-9-14-16-15(11(3)4)19-17-14/h5-8,10-11H,9H2,1-4H3. The summed E-state index contributed by atoms with van der Waals surface area (Å²) < 4.78 is 10.8. The van der Waals surface area contributed by atoms with E-state index >= 15 is 0 Å². The zero-order valence-corrected chi connectivity index (χ0v) is 11.9. The molecule has 4 nitrogen and oxygen atoms in total. The summed E-state index contributed by atoms with van der Waals surface area (Å²) in [6, 6.07) is 8.10. The average Bonchev–Trinajstić information content (AvgIpc) is 2.86. The van der Waals surface area contributed by atoms with Gasteiger partial charge in [0.2, 0.25) is 11.7 Å². The molecular formula is C15H20N2O2. The monoisotopic (exact) mass is 260 g/mol. The highest BCUT2D eigenvalue weighted by atomic mass is 16.5. The molecule has 4 heteroatoms. The first-order valence-electron chi connectivity index (χ1n) is 6.61. The third kappa shape index (κ3) is 3.56. The maximum absolute atomic E-state index is 5.63. The minimum Gasteiger partial charge on any atom is -0.485 e. The smallest absolute Gasteiger partial charge is 0.229 e. The molecule has 0 unspecified atom stereocenters. The van der Waals surface area contributed by atoms with E-state index in [-0.39, 0.29) is 5.92 Å². The highest BCUT2D eigenvalue weighted by Gasteiger charge is 2.10. The van der Waals surface area contributed by atoms with Crippen molar-refractivity contribution in [2.75, 3.05) is 0 Å².